The monoisotopic (exact) mass is 1130 g/mol. The number of nitrogens with two attached hydrogens (primary N) is 2. The van der Waals surface area contributed by atoms with Crippen LogP contribution < -0.4 is 59.3 Å². The van der Waals surface area contributed by atoms with E-state index in [1.54, 1.807) is 33.2 Å². The summed E-state index contributed by atoms with van der Waals surface area (Å²) < 4.78 is 0. The third-order valence-corrected chi connectivity index (χ3v) is 13.3. The second-order valence-corrected chi connectivity index (χ2v) is 21.5. The van der Waals surface area contributed by atoms with E-state index in [0.717, 1.165) is 16.5 Å². The zero-order valence-electron chi connectivity index (χ0n) is 47.4. The van der Waals surface area contributed by atoms with Crippen LogP contribution in [0, 0.1) is 17.8 Å². The van der Waals surface area contributed by atoms with Crippen LogP contribution in [-0.2, 0) is 67.2 Å². The fourth-order valence-electron chi connectivity index (χ4n) is 8.95. The van der Waals surface area contributed by atoms with E-state index in [9.17, 15) is 53.1 Å². The first-order valence-electron chi connectivity index (χ1n) is 27.2. The molecule has 25 nitrogen and oxygen atoms in total. The van der Waals surface area contributed by atoms with Gasteiger partial charge in [0.1, 0.15) is 36.3 Å². The van der Waals surface area contributed by atoms with Gasteiger partial charge in [-0.2, -0.15) is 0 Å². The van der Waals surface area contributed by atoms with Crippen LogP contribution in [0.4, 0.5) is 0 Å². The molecule has 0 fully saturated rings. The van der Waals surface area contributed by atoms with Crippen molar-refractivity contribution in [3.05, 3.63) is 90.1 Å². The Morgan fingerprint density at radius 3 is 1.83 bits per heavy atom. The van der Waals surface area contributed by atoms with E-state index in [0.29, 0.717) is 11.3 Å². The third-order valence-electron chi connectivity index (χ3n) is 13.3. The number of H-pyrrole nitrogens is 2. The topological polar surface area (TPSA) is 396 Å². The molecule has 9 unspecified atom stereocenters. The molecule has 10 amide bonds. The van der Waals surface area contributed by atoms with Gasteiger partial charge in [0.05, 0.1) is 37.5 Å². The van der Waals surface area contributed by atoms with Gasteiger partial charge in [0, 0.05) is 48.3 Å². The summed E-state index contributed by atoms with van der Waals surface area (Å²) in [5.74, 6) is -7.91. The molecule has 2 aromatic carbocycles. The van der Waals surface area contributed by atoms with E-state index in [4.69, 9.17) is 11.5 Å². The summed E-state index contributed by atoms with van der Waals surface area (Å²) in [6.45, 7) is 11.4. The van der Waals surface area contributed by atoms with Gasteiger partial charge in [-0.25, -0.2) is 4.98 Å². The minimum absolute atomic E-state index is 0.0354. The molecule has 4 aromatic rings. The number of amides is 10. The van der Waals surface area contributed by atoms with Gasteiger partial charge in [0.2, 0.25) is 59.1 Å². The number of carbonyl (C=O) groups is 10. The maximum atomic E-state index is 14.3. The second-order valence-electron chi connectivity index (χ2n) is 21.5. The molecule has 2 heterocycles. The van der Waals surface area contributed by atoms with Crippen LogP contribution >= 0.6 is 0 Å². The average molecular weight is 1130 g/mol. The number of aromatic nitrogens is 3. The Balaban J connectivity index is 1.45. The highest BCUT2D eigenvalue weighted by molar-refractivity contribution is 5.97. The first-order chi connectivity index (χ1) is 38.3. The third kappa shape index (κ3) is 21.8. The van der Waals surface area contributed by atoms with Gasteiger partial charge in [0.25, 0.3) is 0 Å². The summed E-state index contributed by atoms with van der Waals surface area (Å²) in [7, 11) is 1.59. The van der Waals surface area contributed by atoms with Crippen LogP contribution in [0.3, 0.4) is 0 Å². The molecule has 442 valence electrons. The van der Waals surface area contributed by atoms with Crippen molar-refractivity contribution in [3.8, 4) is 0 Å². The van der Waals surface area contributed by atoms with E-state index >= 15 is 0 Å². The number of hydrogen-bond acceptors (Lipinski definition) is 13. The molecule has 0 aliphatic rings. The van der Waals surface area contributed by atoms with Gasteiger partial charge in [-0.1, -0.05) is 90.1 Å². The minimum atomic E-state index is -1.40. The largest absolute Gasteiger partial charge is 0.390 e. The molecule has 25 heteroatoms. The molecule has 0 bridgehead atoms. The normalized spacial score (nSPS) is 14.7. The number of nitrogens with zero attached hydrogens (tertiary/aromatic N) is 1. The standard InChI is InChI=1S/C56H82N14O11/c1-30(2)20-40(45(71)25-47(73)65-41(50(58)75)21-31(3)4)68-55(80)44(24-36-27-60-29-63-36)66-48(74)28-62-56(81)49(32(5)6)70-51(76)33(7)64-54(79)43(23-35-26-61-38-17-13-12-16-37(35)38)69-52(77)39(18-19-46(57)72)67-53(78)42(59-8)22-34-14-10-9-11-15-34/h9-17,26-27,29-33,39-45,49,59,61,71H,18-25,28H2,1-8H3,(H2,57,72)(H2,58,75)(H,60,63)(H,62,81)(H,64,79)(H,65,73)(H,66,74)(H,67,78)(H,68,80)(H,69,77)(H,70,76). The highest BCUT2D eigenvalue weighted by atomic mass is 16.3. The Kier molecular flexibility index (Phi) is 25.9. The molecule has 16 N–H and O–H groups in total. The number of hydrogen-bond donors (Lipinski definition) is 14. The van der Waals surface area contributed by atoms with E-state index in [2.05, 4.69) is 62.8 Å². The van der Waals surface area contributed by atoms with Gasteiger partial charge < -0.3 is 74.4 Å². The average Bonchev–Trinajstić information content (AvgIpc) is 4.10. The van der Waals surface area contributed by atoms with Gasteiger partial charge in [-0.3, -0.25) is 47.9 Å². The van der Waals surface area contributed by atoms with E-state index < -0.39 is 132 Å². The van der Waals surface area contributed by atoms with Crippen molar-refractivity contribution in [2.75, 3.05) is 13.6 Å². The predicted octanol–water partition coefficient (Wildman–Crippen LogP) is -0.713. The Hall–Kier alpha value is -8.19. The number of para-hydroxylation sites is 1. The summed E-state index contributed by atoms with van der Waals surface area (Å²) in [5, 5.41) is 36.1. The van der Waals surface area contributed by atoms with Crippen molar-refractivity contribution in [2.24, 2.45) is 29.2 Å². The Morgan fingerprint density at radius 2 is 1.21 bits per heavy atom. The first-order valence-corrected chi connectivity index (χ1v) is 27.2. The Labute approximate surface area is 471 Å². The van der Waals surface area contributed by atoms with Gasteiger partial charge >= 0.3 is 0 Å². The quantitative estimate of drug-likeness (QED) is 0.0275. The van der Waals surface area contributed by atoms with Crippen molar-refractivity contribution < 1.29 is 53.1 Å². The Bertz CT molecular complexity index is 2750. The van der Waals surface area contributed by atoms with Gasteiger partial charge in [-0.05, 0) is 74.6 Å². The maximum Gasteiger partial charge on any atom is 0.243 e. The number of carbonyl (C=O) groups excluding carboxylic acids is 10. The van der Waals surface area contributed by atoms with Crippen LogP contribution in [0.1, 0.15) is 97.4 Å². The molecule has 0 spiro atoms. The number of fused-ring (bicyclic) bond motifs is 1. The number of likely N-dealkylation sites (N-methyl/N-ethyl adjacent to an activating group) is 1. The number of benzene rings is 2. The van der Waals surface area contributed by atoms with E-state index in [1.807, 2.05) is 76.2 Å². The van der Waals surface area contributed by atoms with Crippen molar-refractivity contribution >= 4 is 70.0 Å². The van der Waals surface area contributed by atoms with E-state index in [1.165, 1.54) is 19.4 Å². The molecule has 4 rings (SSSR count). The molecule has 81 heavy (non-hydrogen) atoms. The van der Waals surface area contributed by atoms with Crippen LogP contribution in [0.5, 0.6) is 0 Å². The zero-order valence-corrected chi connectivity index (χ0v) is 47.4. The lowest BCUT2D eigenvalue weighted by molar-refractivity contribution is -0.135. The highest BCUT2D eigenvalue weighted by Crippen LogP contribution is 2.20. The molecule has 0 aliphatic carbocycles. The molecule has 0 saturated carbocycles. The number of nitrogens with one attached hydrogen (secondary N) is 11. The first kappa shape index (κ1) is 65.3. The smallest absolute Gasteiger partial charge is 0.243 e. The van der Waals surface area contributed by atoms with Crippen LogP contribution in [0.2, 0.25) is 0 Å². The summed E-state index contributed by atoms with van der Waals surface area (Å²) in [6.07, 6.45) is 2.80. The highest BCUT2D eigenvalue weighted by Gasteiger charge is 2.34. The molecular weight excluding hydrogens is 1040 g/mol. The number of aromatic amines is 2. The zero-order chi connectivity index (χ0) is 59.9. The van der Waals surface area contributed by atoms with Crippen LogP contribution in [0.15, 0.2) is 73.3 Å². The Morgan fingerprint density at radius 1 is 0.605 bits per heavy atom. The molecule has 0 radical (unpaired) electrons. The number of aliphatic hydroxyl groups excluding tert-OH is 1. The van der Waals surface area contributed by atoms with Crippen molar-refractivity contribution in [3.63, 3.8) is 0 Å². The summed E-state index contributed by atoms with van der Waals surface area (Å²) in [6, 6.07) is 7.30. The lowest BCUT2D eigenvalue weighted by Gasteiger charge is -2.28. The van der Waals surface area contributed by atoms with Crippen LogP contribution in [0.25, 0.3) is 10.9 Å². The summed E-state index contributed by atoms with van der Waals surface area (Å²) in [4.78, 5) is 144. The maximum absolute atomic E-state index is 14.3. The predicted molar refractivity (Wildman–Crippen MR) is 301 cm³/mol. The summed E-state index contributed by atoms with van der Waals surface area (Å²) in [5.41, 5.74) is 13.7. The second kappa shape index (κ2) is 32.2. The molecular formula is C56H82N14O11. The summed E-state index contributed by atoms with van der Waals surface area (Å²) >= 11 is 0. The van der Waals surface area contributed by atoms with Gasteiger partial charge in [0.15, 0.2) is 0 Å². The minimum Gasteiger partial charge on any atom is -0.390 e. The molecule has 0 saturated heterocycles. The number of aliphatic hydroxyl groups is 1. The number of rotatable bonds is 34. The van der Waals surface area contributed by atoms with Crippen LogP contribution in [-0.4, -0.2) is 147 Å². The molecule has 0 aliphatic heterocycles. The van der Waals surface area contributed by atoms with Crippen molar-refractivity contribution in [2.45, 2.75) is 154 Å². The van der Waals surface area contributed by atoms with E-state index in [-0.39, 0.29) is 56.8 Å². The van der Waals surface area contributed by atoms with Crippen molar-refractivity contribution in [1.82, 2.24) is 62.8 Å². The van der Waals surface area contributed by atoms with Gasteiger partial charge in [-0.15, -0.1) is 0 Å². The SMILES string of the molecule is CNC(Cc1ccccc1)C(=O)NC(CCC(N)=O)C(=O)NC(Cc1c[nH]c2ccccc12)C(=O)NC(C)C(=O)NC(C(=O)NCC(=O)NC(Cc1cnc[nH]1)C(=O)NC(CC(C)C)C(O)CC(=O)NC(CC(C)C)C(N)=O)C(C)C. The fourth-order valence-corrected chi connectivity index (χ4v) is 8.95. The van der Waals surface area contributed by atoms with Crippen molar-refractivity contribution in [1.29, 1.82) is 0 Å². The lowest BCUT2D eigenvalue weighted by atomic mass is 9.96. The number of imidazole rings is 1. The molecule has 9 atom stereocenters. The number of primary amides is 2. The lowest BCUT2D eigenvalue weighted by Crippen LogP contribution is -2.59. The fraction of sp³-hybridized carbons (Fsp3) is 0.518. The molecule has 2 aromatic heterocycles.